The molecular weight excluding hydrogens is 561 g/mol. The average Bonchev–Trinajstić information content (AvgIpc) is 3.46. The number of aryl methyl sites for hydroxylation is 1. The minimum Gasteiger partial charge on any atom is -0.497 e. The molecule has 2 atom stereocenters. The van der Waals surface area contributed by atoms with Crippen molar-refractivity contribution in [1.29, 1.82) is 0 Å². The summed E-state index contributed by atoms with van der Waals surface area (Å²) < 4.78 is 21.9. The number of carbonyl (C=O) groups excluding carboxylic acids is 2. The molecule has 0 spiro atoms. The van der Waals surface area contributed by atoms with Gasteiger partial charge in [-0.05, 0) is 73.6 Å². The lowest BCUT2D eigenvalue weighted by molar-refractivity contribution is -0.129. The Balaban J connectivity index is 1.02. The van der Waals surface area contributed by atoms with Crippen LogP contribution in [0.4, 0.5) is 26.2 Å². The van der Waals surface area contributed by atoms with Gasteiger partial charge in [-0.1, -0.05) is 12.1 Å². The number of rotatable bonds is 8. The number of piperidine rings is 2. The molecule has 11 heteroatoms. The zero-order valence-electron chi connectivity index (χ0n) is 25.6. The molecule has 3 fully saturated rings. The SMILES string of the molecule is COc1ccc(CN2C(=O)CCN(c3ccc(N4CCC(CN5CC[C@@H](n6cc(N)cn6)[C@@H](F)C5)CC4)cc3C)C2=O)cc1. The number of hydrogen-bond donors (Lipinski definition) is 1. The van der Waals surface area contributed by atoms with Gasteiger partial charge in [0.2, 0.25) is 5.91 Å². The third kappa shape index (κ3) is 6.38. The average molecular weight is 604 g/mol. The lowest BCUT2D eigenvalue weighted by Gasteiger charge is -2.39. The van der Waals surface area contributed by atoms with E-state index >= 15 is 4.39 Å². The second-order valence-corrected chi connectivity index (χ2v) is 12.3. The van der Waals surface area contributed by atoms with Crippen LogP contribution in [-0.2, 0) is 11.3 Å². The predicted molar refractivity (Wildman–Crippen MR) is 169 cm³/mol. The Labute approximate surface area is 258 Å². The van der Waals surface area contributed by atoms with E-state index in [0.717, 1.165) is 73.7 Å². The number of ether oxygens (including phenoxy) is 1. The fourth-order valence-electron chi connectivity index (χ4n) is 6.81. The molecule has 0 saturated carbocycles. The van der Waals surface area contributed by atoms with Crippen molar-refractivity contribution < 1.29 is 18.7 Å². The number of hydrogen-bond acceptors (Lipinski definition) is 7. The van der Waals surface area contributed by atoms with Gasteiger partial charge in [-0.3, -0.25) is 19.3 Å². The number of halogens is 1. The van der Waals surface area contributed by atoms with Gasteiger partial charge in [0.05, 0.1) is 31.6 Å². The van der Waals surface area contributed by atoms with Crippen LogP contribution in [0.3, 0.4) is 0 Å². The van der Waals surface area contributed by atoms with Gasteiger partial charge in [-0.15, -0.1) is 0 Å². The Morgan fingerprint density at radius 1 is 1.02 bits per heavy atom. The molecule has 3 aliphatic heterocycles. The highest BCUT2D eigenvalue weighted by Gasteiger charge is 2.35. The molecular formula is C33H42FN7O3. The highest BCUT2D eigenvalue weighted by Crippen LogP contribution is 2.32. The van der Waals surface area contributed by atoms with Crippen LogP contribution in [0.25, 0.3) is 0 Å². The number of amides is 3. The van der Waals surface area contributed by atoms with Crippen LogP contribution in [0.5, 0.6) is 5.75 Å². The molecule has 3 saturated heterocycles. The minimum atomic E-state index is -0.955. The standard InChI is InChI=1S/C33H42FN7O3/c1-23-17-27(5-8-30(23)39-16-12-32(42)40(33(39)43)20-24-3-6-28(44-2)7-4-24)38-14-9-25(10-15-38)19-37-13-11-31(29(34)22-37)41-21-26(35)18-36-41/h3-8,17-18,21,25,29,31H,9-16,19-20,22,35H2,1-2H3/t29-,31+/m0/s1. The van der Waals surface area contributed by atoms with E-state index in [9.17, 15) is 9.59 Å². The second-order valence-electron chi connectivity index (χ2n) is 12.3. The van der Waals surface area contributed by atoms with Crippen LogP contribution in [0.15, 0.2) is 54.9 Å². The molecule has 0 unspecified atom stereocenters. The zero-order valence-corrected chi connectivity index (χ0v) is 25.6. The van der Waals surface area contributed by atoms with Crippen LogP contribution in [-0.4, -0.2) is 84.1 Å². The number of benzene rings is 2. The maximum atomic E-state index is 15.0. The Morgan fingerprint density at radius 3 is 2.45 bits per heavy atom. The van der Waals surface area contributed by atoms with Gasteiger partial charge >= 0.3 is 6.03 Å². The first-order valence-corrected chi connectivity index (χ1v) is 15.6. The van der Waals surface area contributed by atoms with Gasteiger partial charge in [0.15, 0.2) is 0 Å². The molecule has 2 aromatic carbocycles. The number of methoxy groups -OCH3 is 1. The first-order valence-electron chi connectivity index (χ1n) is 15.6. The van der Waals surface area contributed by atoms with E-state index in [1.54, 1.807) is 29.1 Å². The van der Waals surface area contributed by atoms with Crippen molar-refractivity contribution in [1.82, 2.24) is 19.6 Å². The van der Waals surface area contributed by atoms with Crippen LogP contribution < -0.4 is 20.3 Å². The summed E-state index contributed by atoms with van der Waals surface area (Å²) in [5, 5.41) is 4.23. The summed E-state index contributed by atoms with van der Waals surface area (Å²) in [5.41, 5.74) is 10.2. The summed E-state index contributed by atoms with van der Waals surface area (Å²) >= 11 is 0. The van der Waals surface area contributed by atoms with E-state index in [1.807, 2.05) is 37.3 Å². The second kappa shape index (κ2) is 12.9. The summed E-state index contributed by atoms with van der Waals surface area (Å²) in [7, 11) is 1.61. The number of anilines is 3. The number of likely N-dealkylation sites (tertiary alicyclic amines) is 1. The van der Waals surface area contributed by atoms with E-state index < -0.39 is 6.17 Å². The molecule has 1 aromatic heterocycles. The molecule has 3 aliphatic rings. The fourth-order valence-corrected chi connectivity index (χ4v) is 6.81. The molecule has 3 aromatic rings. The number of alkyl halides is 1. The molecule has 6 rings (SSSR count). The van der Waals surface area contributed by atoms with Gasteiger partial charge < -0.3 is 20.3 Å². The van der Waals surface area contributed by atoms with E-state index in [2.05, 4.69) is 27.0 Å². The van der Waals surface area contributed by atoms with Gasteiger partial charge in [0.25, 0.3) is 0 Å². The first kappa shape index (κ1) is 29.9. The quantitative estimate of drug-likeness (QED) is 0.400. The van der Waals surface area contributed by atoms with Crippen molar-refractivity contribution in [2.75, 3.05) is 61.9 Å². The van der Waals surface area contributed by atoms with E-state index in [0.29, 0.717) is 24.7 Å². The van der Waals surface area contributed by atoms with Crippen molar-refractivity contribution >= 4 is 29.0 Å². The number of imide groups is 1. The third-order valence-corrected chi connectivity index (χ3v) is 9.33. The number of nitrogens with zero attached hydrogens (tertiary/aromatic N) is 6. The van der Waals surface area contributed by atoms with E-state index in [4.69, 9.17) is 10.5 Å². The lowest BCUT2D eigenvalue weighted by Crippen LogP contribution is -2.52. The maximum absolute atomic E-state index is 15.0. The van der Waals surface area contributed by atoms with Gasteiger partial charge in [0, 0.05) is 63.3 Å². The molecule has 0 bridgehead atoms. The molecule has 0 radical (unpaired) electrons. The van der Waals surface area contributed by atoms with Gasteiger partial charge in [0.1, 0.15) is 11.9 Å². The topological polar surface area (TPSA) is 100 Å². The van der Waals surface area contributed by atoms with Crippen molar-refractivity contribution in [3.05, 3.63) is 66.0 Å². The number of aromatic nitrogens is 2. The number of nitrogen functional groups attached to an aromatic ring is 1. The number of urea groups is 1. The van der Waals surface area contributed by atoms with Gasteiger partial charge in [-0.2, -0.15) is 5.10 Å². The molecule has 3 amide bonds. The normalized spacial score (nSPS) is 22.1. The minimum absolute atomic E-state index is 0.159. The van der Waals surface area contributed by atoms with Crippen molar-refractivity contribution in [2.24, 2.45) is 5.92 Å². The number of carbonyl (C=O) groups is 2. The Morgan fingerprint density at radius 2 is 1.80 bits per heavy atom. The summed E-state index contributed by atoms with van der Waals surface area (Å²) in [6.45, 7) is 6.73. The number of nitrogens with two attached hydrogens (primary N) is 1. The highest BCUT2D eigenvalue weighted by molar-refractivity contribution is 6.06. The molecule has 234 valence electrons. The monoisotopic (exact) mass is 603 g/mol. The molecule has 10 nitrogen and oxygen atoms in total. The Bertz CT molecular complexity index is 1470. The smallest absolute Gasteiger partial charge is 0.331 e. The summed E-state index contributed by atoms with van der Waals surface area (Å²) in [4.78, 5) is 33.9. The first-order chi connectivity index (χ1) is 21.3. The van der Waals surface area contributed by atoms with Crippen molar-refractivity contribution in [2.45, 2.75) is 51.4 Å². The van der Waals surface area contributed by atoms with Crippen LogP contribution in [0.1, 0.15) is 42.9 Å². The molecule has 2 N–H and O–H groups in total. The van der Waals surface area contributed by atoms with Crippen molar-refractivity contribution in [3.63, 3.8) is 0 Å². The van der Waals surface area contributed by atoms with E-state index in [1.165, 1.54) is 4.90 Å². The van der Waals surface area contributed by atoms with Crippen LogP contribution in [0.2, 0.25) is 0 Å². The summed E-state index contributed by atoms with van der Waals surface area (Å²) in [5.74, 6) is 1.11. The van der Waals surface area contributed by atoms with Gasteiger partial charge in [-0.25, -0.2) is 9.18 Å². The largest absolute Gasteiger partial charge is 0.497 e. The molecule has 0 aliphatic carbocycles. The zero-order chi connectivity index (χ0) is 30.8. The Hall–Kier alpha value is -4.12. The Kier molecular flexibility index (Phi) is 8.74. The lowest BCUT2D eigenvalue weighted by atomic mass is 9.94. The third-order valence-electron chi connectivity index (χ3n) is 9.33. The van der Waals surface area contributed by atoms with Crippen LogP contribution >= 0.6 is 0 Å². The predicted octanol–water partition coefficient (Wildman–Crippen LogP) is 4.64. The fraction of sp³-hybridized carbons (Fsp3) is 0.485. The summed E-state index contributed by atoms with van der Waals surface area (Å²) in [6.07, 6.45) is 5.48. The molecule has 4 heterocycles. The molecule has 44 heavy (non-hydrogen) atoms. The van der Waals surface area contributed by atoms with Crippen molar-refractivity contribution in [3.8, 4) is 5.75 Å². The van der Waals surface area contributed by atoms with E-state index in [-0.39, 0.29) is 30.9 Å². The maximum Gasteiger partial charge on any atom is 0.331 e. The van der Waals surface area contributed by atoms with Crippen LogP contribution in [0, 0.1) is 12.8 Å². The highest BCUT2D eigenvalue weighted by atomic mass is 19.1. The summed E-state index contributed by atoms with van der Waals surface area (Å²) in [6, 6.07) is 13.1.